The second-order valence-corrected chi connectivity index (χ2v) is 15.6. The highest BCUT2D eigenvalue weighted by Crippen LogP contribution is 2.25. The SMILES string of the molecule is COC(=O)c1ccc(CN(C(=O)N2CCN(C3COC3)CC2)c2ccccc2)c(F)c1.NCC(=O)c1ccc(CN(C(=O)N2CCN(C3COC3)CC2)c2ccccc2)c(F)c1. The number of urea groups is 2. The van der Waals surface area contributed by atoms with Gasteiger partial charge in [-0.25, -0.2) is 23.2 Å². The number of rotatable bonds is 11. The van der Waals surface area contributed by atoms with E-state index in [-0.39, 0.29) is 48.6 Å². The zero-order chi connectivity index (χ0) is 43.6. The van der Waals surface area contributed by atoms with Gasteiger partial charge in [0.2, 0.25) is 0 Å². The molecule has 16 heteroatoms. The molecular weight excluding hydrogens is 801 g/mol. The molecule has 4 aromatic carbocycles. The summed E-state index contributed by atoms with van der Waals surface area (Å²) < 4.78 is 44.7. The van der Waals surface area contributed by atoms with Crippen LogP contribution in [0.3, 0.4) is 0 Å². The van der Waals surface area contributed by atoms with Crippen LogP contribution in [-0.4, -0.2) is 148 Å². The molecule has 0 aliphatic carbocycles. The number of methoxy groups -OCH3 is 1. The molecule has 2 N–H and O–H groups in total. The van der Waals surface area contributed by atoms with Crippen LogP contribution in [0.4, 0.5) is 29.7 Å². The van der Waals surface area contributed by atoms with Crippen molar-refractivity contribution in [3.63, 3.8) is 0 Å². The Bertz CT molecular complexity index is 2010. The monoisotopic (exact) mass is 853 g/mol. The fourth-order valence-corrected chi connectivity index (χ4v) is 7.75. The quantitative estimate of drug-likeness (QED) is 0.164. The standard InChI is InChI=1S/C23H27FN4O3.C23H26FN3O4/c24-21-12-17(22(29)13-25)6-7-18(21)14-28(19-4-2-1-3-5-19)23(30)27-10-8-26(9-11-27)20-15-31-16-20;1-30-22(28)17-7-8-18(21(24)13-17)14-27(19-5-3-2-4-6-19)23(29)26-11-9-25(10-12-26)20-15-31-16-20/h1-7,12,20H,8-11,13-16,25H2;2-8,13,20H,9-12,14-16H2,1H3. The highest BCUT2D eigenvalue weighted by molar-refractivity contribution is 5.97. The molecule has 4 aromatic rings. The molecule has 0 spiro atoms. The number of para-hydroxylation sites is 2. The molecule has 4 heterocycles. The summed E-state index contributed by atoms with van der Waals surface area (Å²) in [7, 11) is 1.25. The normalized spacial score (nSPS) is 17.2. The Morgan fingerprint density at radius 3 is 1.37 bits per heavy atom. The van der Waals surface area contributed by atoms with Gasteiger partial charge in [-0.2, -0.15) is 0 Å². The number of Topliss-reactive ketones (excluding diaryl/α,β-unsaturated/α-hetero) is 1. The number of anilines is 2. The van der Waals surface area contributed by atoms with E-state index in [1.54, 1.807) is 21.9 Å². The summed E-state index contributed by atoms with van der Waals surface area (Å²) >= 11 is 0. The van der Waals surface area contributed by atoms with Crippen molar-refractivity contribution in [1.29, 1.82) is 0 Å². The molecule has 8 rings (SSSR count). The third kappa shape index (κ3) is 10.6. The van der Waals surface area contributed by atoms with Crippen molar-refractivity contribution in [2.75, 3.05) is 102 Å². The first-order valence-corrected chi connectivity index (χ1v) is 20.9. The first-order valence-electron chi connectivity index (χ1n) is 20.9. The van der Waals surface area contributed by atoms with Gasteiger partial charge >= 0.3 is 18.0 Å². The Kier molecular flexibility index (Phi) is 14.9. The topological polar surface area (TPSA) is 141 Å². The van der Waals surface area contributed by atoms with E-state index in [0.717, 1.165) is 58.7 Å². The Morgan fingerprint density at radius 1 is 0.613 bits per heavy atom. The minimum absolute atomic E-state index is 0.0623. The average molecular weight is 854 g/mol. The number of benzene rings is 4. The van der Waals surface area contributed by atoms with Crippen molar-refractivity contribution in [3.8, 4) is 0 Å². The third-order valence-corrected chi connectivity index (χ3v) is 11.7. The molecule has 14 nitrogen and oxygen atoms in total. The Hall–Kier alpha value is -5.78. The second kappa shape index (κ2) is 20.9. The number of esters is 1. The Balaban J connectivity index is 0.000000186. The molecule has 4 fully saturated rings. The fourth-order valence-electron chi connectivity index (χ4n) is 7.75. The van der Waals surface area contributed by atoms with Crippen LogP contribution in [0.15, 0.2) is 97.1 Å². The summed E-state index contributed by atoms with van der Waals surface area (Å²) in [6.07, 6.45) is 0. The molecular formula is C46H53F2N7O7. The molecule has 4 amide bonds. The van der Waals surface area contributed by atoms with Crippen LogP contribution in [0.2, 0.25) is 0 Å². The van der Waals surface area contributed by atoms with Gasteiger partial charge in [-0.3, -0.25) is 24.4 Å². The minimum Gasteiger partial charge on any atom is -0.465 e. The van der Waals surface area contributed by atoms with Crippen LogP contribution in [0, 0.1) is 11.6 Å². The number of carbonyl (C=O) groups excluding carboxylic acids is 4. The van der Waals surface area contributed by atoms with E-state index in [0.29, 0.717) is 60.8 Å². The van der Waals surface area contributed by atoms with Crippen LogP contribution in [-0.2, 0) is 27.3 Å². The summed E-state index contributed by atoms with van der Waals surface area (Å²) in [5.41, 5.74) is 7.81. The van der Waals surface area contributed by atoms with Gasteiger partial charge in [0, 0.05) is 80.4 Å². The highest BCUT2D eigenvalue weighted by Gasteiger charge is 2.34. The van der Waals surface area contributed by atoms with Gasteiger partial charge in [-0.15, -0.1) is 0 Å². The van der Waals surface area contributed by atoms with Gasteiger partial charge in [0.1, 0.15) is 11.6 Å². The Morgan fingerprint density at radius 2 is 1.02 bits per heavy atom. The lowest BCUT2D eigenvalue weighted by molar-refractivity contribution is -0.0738. The number of nitrogens with zero attached hydrogens (tertiary/aromatic N) is 6. The lowest BCUT2D eigenvalue weighted by atomic mass is 10.1. The number of ketones is 1. The second-order valence-electron chi connectivity index (χ2n) is 15.6. The number of piperazine rings is 2. The predicted molar refractivity (Wildman–Crippen MR) is 229 cm³/mol. The van der Waals surface area contributed by atoms with Crippen LogP contribution < -0.4 is 15.5 Å². The molecule has 0 bridgehead atoms. The summed E-state index contributed by atoms with van der Waals surface area (Å²) in [6, 6.07) is 27.6. The third-order valence-electron chi connectivity index (χ3n) is 11.7. The van der Waals surface area contributed by atoms with Gasteiger partial charge in [-0.05, 0) is 42.5 Å². The van der Waals surface area contributed by atoms with Crippen molar-refractivity contribution in [2.24, 2.45) is 5.73 Å². The molecule has 0 saturated carbocycles. The van der Waals surface area contributed by atoms with Crippen LogP contribution in [0.5, 0.6) is 0 Å². The van der Waals surface area contributed by atoms with Crippen molar-refractivity contribution in [2.45, 2.75) is 25.2 Å². The number of hydrogen-bond acceptors (Lipinski definition) is 10. The molecule has 0 atom stereocenters. The van der Waals surface area contributed by atoms with E-state index >= 15 is 0 Å². The van der Waals surface area contributed by atoms with Gasteiger partial charge in [-0.1, -0.05) is 54.6 Å². The number of ether oxygens (including phenoxy) is 3. The van der Waals surface area contributed by atoms with Gasteiger partial charge in [0.15, 0.2) is 5.78 Å². The van der Waals surface area contributed by atoms with Gasteiger partial charge < -0.3 is 29.7 Å². The van der Waals surface area contributed by atoms with Crippen LogP contribution in [0.25, 0.3) is 0 Å². The average Bonchev–Trinajstić information content (AvgIpc) is 3.27. The summed E-state index contributed by atoms with van der Waals surface area (Å²) in [5.74, 6) is -2.00. The highest BCUT2D eigenvalue weighted by atomic mass is 19.1. The summed E-state index contributed by atoms with van der Waals surface area (Å²) in [5, 5.41) is 0. The van der Waals surface area contributed by atoms with E-state index in [4.69, 9.17) is 15.2 Å². The van der Waals surface area contributed by atoms with E-state index in [2.05, 4.69) is 14.5 Å². The largest absolute Gasteiger partial charge is 0.465 e. The van der Waals surface area contributed by atoms with Crippen molar-refractivity contribution in [3.05, 3.63) is 131 Å². The molecule has 328 valence electrons. The molecule has 4 saturated heterocycles. The molecule has 62 heavy (non-hydrogen) atoms. The lowest BCUT2D eigenvalue weighted by Crippen LogP contribution is -2.59. The summed E-state index contributed by atoms with van der Waals surface area (Å²) in [6.45, 7) is 8.63. The van der Waals surface area contributed by atoms with Crippen molar-refractivity contribution >= 4 is 35.2 Å². The van der Waals surface area contributed by atoms with E-state index in [9.17, 15) is 28.0 Å². The molecule has 4 aliphatic heterocycles. The van der Waals surface area contributed by atoms with Crippen molar-refractivity contribution < 1.29 is 42.2 Å². The maximum Gasteiger partial charge on any atom is 0.337 e. The number of halogens is 2. The van der Waals surface area contributed by atoms with Crippen LogP contribution >= 0.6 is 0 Å². The first kappa shape index (κ1) is 44.3. The first-order chi connectivity index (χ1) is 30.1. The van der Waals surface area contributed by atoms with Crippen LogP contribution in [0.1, 0.15) is 31.8 Å². The molecule has 0 aromatic heterocycles. The minimum atomic E-state index is -0.601. The van der Waals surface area contributed by atoms with Crippen molar-refractivity contribution in [1.82, 2.24) is 19.6 Å². The maximum absolute atomic E-state index is 14.8. The predicted octanol–water partition coefficient (Wildman–Crippen LogP) is 4.87. The molecule has 0 unspecified atom stereocenters. The number of nitrogens with two attached hydrogens (primary N) is 1. The fraction of sp³-hybridized carbons (Fsp3) is 0.391. The Labute approximate surface area is 360 Å². The number of carbonyl (C=O) groups is 4. The smallest absolute Gasteiger partial charge is 0.337 e. The van der Waals surface area contributed by atoms with Gasteiger partial charge in [0.05, 0.1) is 70.8 Å². The zero-order valence-corrected chi connectivity index (χ0v) is 34.9. The lowest BCUT2D eigenvalue weighted by Gasteiger charge is -2.43. The van der Waals surface area contributed by atoms with E-state index in [1.807, 2.05) is 70.5 Å². The van der Waals surface area contributed by atoms with E-state index < -0.39 is 17.6 Å². The number of amides is 4. The zero-order valence-electron chi connectivity index (χ0n) is 34.9. The molecule has 4 aliphatic rings. The summed E-state index contributed by atoms with van der Waals surface area (Å²) in [4.78, 5) is 61.7. The van der Waals surface area contributed by atoms with E-state index in [1.165, 1.54) is 25.3 Å². The van der Waals surface area contributed by atoms with Gasteiger partial charge in [0.25, 0.3) is 0 Å². The number of hydrogen-bond donors (Lipinski definition) is 1. The maximum atomic E-state index is 14.8. The molecule has 0 radical (unpaired) electrons.